The molecule has 0 fully saturated rings. The number of rotatable bonds is 11. The van der Waals surface area contributed by atoms with Crippen LogP contribution in [0.2, 0.25) is 10.0 Å². The summed E-state index contributed by atoms with van der Waals surface area (Å²) >= 11 is 13.7. The van der Waals surface area contributed by atoms with Crippen molar-refractivity contribution in [1.82, 2.24) is 14.8 Å². The van der Waals surface area contributed by atoms with Gasteiger partial charge in [0.2, 0.25) is 17.0 Å². The lowest BCUT2D eigenvalue weighted by atomic mass is 9.95. The number of amides is 1. The SMILES string of the molecule is CCCCSc1nc2n(n1)C(c1ccc(OCc3ccc(Cl)c(Cl)c3)c(OCC)c1)C(C(N)=O)=C(C)N2. The predicted molar refractivity (Wildman–Crippen MR) is 148 cm³/mol. The number of ether oxygens (including phenoxy) is 2. The maximum absolute atomic E-state index is 12.5. The Balaban J connectivity index is 1.67. The van der Waals surface area contributed by atoms with Crippen LogP contribution in [0.3, 0.4) is 0 Å². The molecule has 11 heteroatoms. The van der Waals surface area contributed by atoms with E-state index < -0.39 is 11.9 Å². The molecule has 196 valence electrons. The average Bonchev–Trinajstić information content (AvgIpc) is 3.26. The van der Waals surface area contributed by atoms with Crippen LogP contribution in [-0.2, 0) is 11.4 Å². The molecule has 1 unspecified atom stereocenters. The lowest BCUT2D eigenvalue weighted by molar-refractivity contribution is -0.115. The second-order valence-electron chi connectivity index (χ2n) is 8.47. The minimum Gasteiger partial charge on any atom is -0.490 e. The zero-order chi connectivity index (χ0) is 26.5. The first kappa shape index (κ1) is 27.2. The highest BCUT2D eigenvalue weighted by atomic mass is 35.5. The number of hydrogen-bond donors (Lipinski definition) is 2. The van der Waals surface area contributed by atoms with Crippen molar-refractivity contribution in [1.29, 1.82) is 0 Å². The Morgan fingerprint density at radius 1 is 1.14 bits per heavy atom. The maximum atomic E-state index is 12.5. The number of benzene rings is 2. The smallest absolute Gasteiger partial charge is 0.248 e. The fraction of sp³-hybridized carbons (Fsp3) is 0.346. The minimum atomic E-state index is -0.565. The monoisotopic (exact) mass is 561 g/mol. The molecule has 3 aromatic rings. The van der Waals surface area contributed by atoms with E-state index in [1.165, 1.54) is 0 Å². The van der Waals surface area contributed by atoms with Gasteiger partial charge in [0.1, 0.15) is 12.6 Å². The molecule has 1 amide bonds. The number of thioether (sulfide) groups is 1. The molecule has 37 heavy (non-hydrogen) atoms. The Hall–Kier alpha value is -2.88. The van der Waals surface area contributed by atoms with Gasteiger partial charge in [0.25, 0.3) is 0 Å². The third kappa shape index (κ3) is 6.17. The van der Waals surface area contributed by atoms with Crippen LogP contribution < -0.4 is 20.5 Å². The zero-order valence-corrected chi connectivity index (χ0v) is 23.2. The van der Waals surface area contributed by atoms with Crippen LogP contribution in [0.25, 0.3) is 0 Å². The molecule has 1 aliphatic heterocycles. The molecule has 0 saturated heterocycles. The summed E-state index contributed by atoms with van der Waals surface area (Å²) in [6.07, 6.45) is 2.16. The van der Waals surface area contributed by atoms with E-state index in [4.69, 9.17) is 43.5 Å². The fourth-order valence-electron chi connectivity index (χ4n) is 4.00. The minimum absolute atomic E-state index is 0.279. The molecular formula is C26H29Cl2N5O3S. The molecular weight excluding hydrogens is 533 g/mol. The molecule has 2 heterocycles. The molecule has 3 N–H and O–H groups in total. The molecule has 1 aromatic heterocycles. The summed E-state index contributed by atoms with van der Waals surface area (Å²) in [7, 11) is 0. The van der Waals surface area contributed by atoms with Crippen LogP contribution in [0.15, 0.2) is 52.8 Å². The van der Waals surface area contributed by atoms with Gasteiger partial charge in [-0.25, -0.2) is 4.68 Å². The Kier molecular flexibility index (Phi) is 8.89. The van der Waals surface area contributed by atoms with Crippen molar-refractivity contribution < 1.29 is 14.3 Å². The first-order chi connectivity index (χ1) is 17.8. The third-order valence-electron chi connectivity index (χ3n) is 5.79. The van der Waals surface area contributed by atoms with Crippen molar-refractivity contribution in [2.24, 2.45) is 5.73 Å². The number of aromatic nitrogens is 3. The number of nitrogens with two attached hydrogens (primary N) is 1. The maximum Gasteiger partial charge on any atom is 0.248 e. The summed E-state index contributed by atoms with van der Waals surface area (Å²) in [6, 6.07) is 10.3. The fourth-order valence-corrected chi connectivity index (χ4v) is 5.23. The second-order valence-corrected chi connectivity index (χ2v) is 10.3. The van der Waals surface area contributed by atoms with Crippen LogP contribution in [0.4, 0.5) is 5.95 Å². The van der Waals surface area contributed by atoms with Crippen LogP contribution in [0, 0.1) is 0 Å². The summed E-state index contributed by atoms with van der Waals surface area (Å²) in [6.45, 7) is 6.57. The summed E-state index contributed by atoms with van der Waals surface area (Å²) < 4.78 is 13.7. The number of anilines is 1. The molecule has 2 aromatic carbocycles. The summed E-state index contributed by atoms with van der Waals surface area (Å²) in [5.74, 6) is 2.04. The van der Waals surface area contributed by atoms with E-state index in [1.54, 1.807) is 28.6 Å². The number of fused-ring (bicyclic) bond motifs is 1. The van der Waals surface area contributed by atoms with Crippen molar-refractivity contribution in [3.63, 3.8) is 0 Å². The van der Waals surface area contributed by atoms with Crippen molar-refractivity contribution in [2.75, 3.05) is 17.7 Å². The molecule has 1 aliphatic rings. The summed E-state index contributed by atoms with van der Waals surface area (Å²) in [5, 5.41) is 9.48. The Bertz CT molecular complexity index is 1330. The van der Waals surface area contributed by atoms with Gasteiger partial charge in [0, 0.05) is 11.4 Å². The van der Waals surface area contributed by atoms with Crippen LogP contribution in [0.5, 0.6) is 11.5 Å². The van der Waals surface area contributed by atoms with E-state index in [1.807, 2.05) is 38.1 Å². The van der Waals surface area contributed by atoms with Crippen LogP contribution >= 0.6 is 35.0 Å². The second kappa shape index (κ2) is 12.1. The third-order valence-corrected chi connectivity index (χ3v) is 7.45. The van der Waals surface area contributed by atoms with Gasteiger partial charge in [-0.3, -0.25) is 4.79 Å². The topological polar surface area (TPSA) is 104 Å². The number of hydrogen-bond acceptors (Lipinski definition) is 7. The van der Waals surface area contributed by atoms with E-state index in [-0.39, 0.29) is 6.61 Å². The molecule has 1 atom stereocenters. The van der Waals surface area contributed by atoms with Crippen molar-refractivity contribution in [3.05, 3.63) is 68.8 Å². The average molecular weight is 563 g/mol. The zero-order valence-electron chi connectivity index (χ0n) is 20.9. The molecule has 4 rings (SSSR count). The molecule has 0 radical (unpaired) electrons. The lowest BCUT2D eigenvalue weighted by Crippen LogP contribution is -2.31. The molecule has 0 saturated carbocycles. The van der Waals surface area contributed by atoms with Crippen LogP contribution in [-0.4, -0.2) is 33.0 Å². The van der Waals surface area contributed by atoms with E-state index in [9.17, 15) is 4.79 Å². The summed E-state index contributed by atoms with van der Waals surface area (Å²) in [4.78, 5) is 17.2. The van der Waals surface area contributed by atoms with E-state index in [2.05, 4.69) is 17.2 Å². The number of halogens is 2. The lowest BCUT2D eigenvalue weighted by Gasteiger charge is -2.28. The number of nitrogens with zero attached hydrogens (tertiary/aromatic N) is 3. The standard InChI is InChI=1S/C26H29Cl2N5O3S/c1-4-6-11-37-26-31-25-30-15(3)22(24(29)34)23(33(25)32-26)17-8-10-20(21(13-17)35-5-2)36-14-16-7-9-18(27)19(28)12-16/h7-10,12-13,23H,4-6,11,14H2,1-3H3,(H2,29,34)(H,30,31,32). The molecule has 0 spiro atoms. The highest BCUT2D eigenvalue weighted by Crippen LogP contribution is 2.39. The number of unbranched alkanes of at least 4 members (excludes halogenated alkanes) is 1. The van der Waals surface area contributed by atoms with E-state index >= 15 is 0 Å². The van der Waals surface area contributed by atoms with Crippen molar-refractivity contribution >= 4 is 46.8 Å². The van der Waals surface area contributed by atoms with Gasteiger partial charge >= 0.3 is 0 Å². The van der Waals surface area contributed by atoms with Gasteiger partial charge in [-0.05, 0) is 55.7 Å². The normalized spacial score (nSPS) is 14.8. The van der Waals surface area contributed by atoms with Gasteiger partial charge in [0.15, 0.2) is 11.5 Å². The quantitative estimate of drug-likeness (QED) is 0.211. The van der Waals surface area contributed by atoms with Gasteiger partial charge in [-0.1, -0.05) is 60.4 Å². The van der Waals surface area contributed by atoms with Gasteiger partial charge in [-0.15, -0.1) is 5.10 Å². The Labute approximate surface area is 230 Å². The first-order valence-corrected chi connectivity index (χ1v) is 13.8. The number of allylic oxidation sites excluding steroid dienone is 1. The number of nitrogens with one attached hydrogen (secondary N) is 1. The molecule has 8 nitrogen and oxygen atoms in total. The van der Waals surface area contributed by atoms with Crippen LogP contribution in [0.1, 0.15) is 50.8 Å². The highest BCUT2D eigenvalue weighted by molar-refractivity contribution is 7.99. The van der Waals surface area contributed by atoms with Gasteiger partial charge in [-0.2, -0.15) is 4.98 Å². The molecule has 0 aliphatic carbocycles. The van der Waals surface area contributed by atoms with Crippen molar-refractivity contribution in [2.45, 2.75) is 51.4 Å². The van der Waals surface area contributed by atoms with E-state index in [0.29, 0.717) is 50.5 Å². The highest BCUT2D eigenvalue weighted by Gasteiger charge is 2.34. The number of carbonyl (C=O) groups is 1. The largest absolute Gasteiger partial charge is 0.490 e. The van der Waals surface area contributed by atoms with E-state index in [0.717, 1.165) is 29.7 Å². The van der Waals surface area contributed by atoms with Crippen molar-refractivity contribution in [3.8, 4) is 11.5 Å². The molecule has 0 bridgehead atoms. The first-order valence-electron chi connectivity index (χ1n) is 12.0. The number of carbonyl (C=O) groups excluding carboxylic acids is 1. The summed E-state index contributed by atoms with van der Waals surface area (Å²) in [5.41, 5.74) is 8.52. The Morgan fingerprint density at radius 2 is 1.95 bits per heavy atom. The number of primary amides is 1. The predicted octanol–water partition coefficient (Wildman–Crippen LogP) is 6.23. The van der Waals surface area contributed by atoms with Gasteiger partial charge in [0.05, 0.1) is 22.2 Å². The Morgan fingerprint density at radius 3 is 2.65 bits per heavy atom. The van der Waals surface area contributed by atoms with Gasteiger partial charge < -0.3 is 20.5 Å².